The fourth-order valence-corrected chi connectivity index (χ4v) is 3.61. The van der Waals surface area contributed by atoms with E-state index >= 15 is 0 Å². The zero-order valence-electron chi connectivity index (χ0n) is 13.5. The molecule has 0 aromatic heterocycles. The maximum atomic E-state index is 12.6. The Labute approximate surface area is 145 Å². The number of carboxylic acid groups (broad SMARTS) is 1. The van der Waals surface area contributed by atoms with E-state index < -0.39 is 11.9 Å². The lowest BCUT2D eigenvalue weighted by atomic mass is 9.83. The Morgan fingerprint density at radius 3 is 2.67 bits per heavy atom. The van der Waals surface area contributed by atoms with Crippen molar-refractivity contribution in [3.8, 4) is 0 Å². The number of benzene rings is 1. The van der Waals surface area contributed by atoms with Crippen molar-refractivity contribution in [3.05, 3.63) is 46.1 Å². The Kier molecular flexibility index (Phi) is 4.92. The first kappa shape index (κ1) is 17.0. The second-order valence-corrected chi connectivity index (χ2v) is 6.69. The van der Waals surface area contributed by atoms with Crippen LogP contribution in [0.4, 0.5) is 0 Å². The zero-order chi connectivity index (χ0) is 17.3. The van der Waals surface area contributed by atoms with Gasteiger partial charge in [-0.25, -0.2) is 4.79 Å². The molecule has 1 aromatic rings. The van der Waals surface area contributed by atoms with E-state index in [1.807, 2.05) is 0 Å². The first-order chi connectivity index (χ1) is 11.5. The molecule has 6 heteroatoms. The molecular formula is C18H20ClNO4. The van der Waals surface area contributed by atoms with Crippen molar-refractivity contribution in [2.24, 2.45) is 0 Å². The van der Waals surface area contributed by atoms with Crippen molar-refractivity contribution in [2.75, 3.05) is 13.2 Å². The first-order valence-electron chi connectivity index (χ1n) is 8.09. The summed E-state index contributed by atoms with van der Waals surface area (Å²) in [5.74, 6) is -1.50. The Morgan fingerprint density at radius 1 is 1.38 bits per heavy atom. The average Bonchev–Trinajstić information content (AvgIpc) is 3.04. The molecule has 2 atom stereocenters. The second-order valence-electron chi connectivity index (χ2n) is 6.25. The van der Waals surface area contributed by atoms with Crippen LogP contribution in [0.1, 0.15) is 37.7 Å². The van der Waals surface area contributed by atoms with Crippen molar-refractivity contribution < 1.29 is 19.4 Å². The molecule has 1 N–H and O–H groups in total. The minimum Gasteiger partial charge on any atom is -0.478 e. The van der Waals surface area contributed by atoms with Crippen LogP contribution in [-0.2, 0) is 14.3 Å². The van der Waals surface area contributed by atoms with Crippen LogP contribution >= 0.6 is 11.6 Å². The monoisotopic (exact) mass is 349 g/mol. The van der Waals surface area contributed by atoms with Crippen molar-refractivity contribution in [2.45, 2.75) is 38.2 Å². The van der Waals surface area contributed by atoms with Gasteiger partial charge < -0.3 is 14.7 Å². The molecule has 1 unspecified atom stereocenters. The Hall–Kier alpha value is -1.85. The zero-order valence-corrected chi connectivity index (χ0v) is 14.3. The molecule has 2 heterocycles. The number of nitrogens with zero attached hydrogens (tertiary/aromatic N) is 1. The molecule has 2 aliphatic heterocycles. The lowest BCUT2D eigenvalue weighted by Crippen LogP contribution is -2.41. The van der Waals surface area contributed by atoms with Gasteiger partial charge in [0.05, 0.1) is 18.2 Å². The summed E-state index contributed by atoms with van der Waals surface area (Å²) >= 11 is 5.91. The van der Waals surface area contributed by atoms with Crippen LogP contribution in [0, 0.1) is 0 Å². The number of carboxylic acids is 1. The van der Waals surface area contributed by atoms with Crippen LogP contribution in [-0.4, -0.2) is 41.1 Å². The number of hydrogen-bond acceptors (Lipinski definition) is 3. The molecular weight excluding hydrogens is 330 g/mol. The van der Waals surface area contributed by atoms with E-state index in [0.717, 1.165) is 18.4 Å². The number of allylic oxidation sites excluding steroid dienone is 1. The molecule has 128 valence electrons. The number of carbonyl (C=O) groups excluding carboxylic acids is 1. The van der Waals surface area contributed by atoms with Crippen molar-refractivity contribution in [3.63, 3.8) is 0 Å². The minimum absolute atomic E-state index is 0.00831. The number of ether oxygens (including phenoxy) is 1. The molecule has 1 fully saturated rings. The third-order valence-corrected chi connectivity index (χ3v) is 4.99. The van der Waals surface area contributed by atoms with Crippen molar-refractivity contribution in [1.82, 2.24) is 4.90 Å². The highest BCUT2D eigenvalue weighted by Gasteiger charge is 2.37. The predicted octanol–water partition coefficient (Wildman–Crippen LogP) is 3.19. The lowest BCUT2D eigenvalue weighted by Gasteiger charge is -2.35. The Bertz CT molecular complexity index is 677. The number of amides is 1. The molecule has 1 aromatic carbocycles. The maximum absolute atomic E-state index is 12.6. The van der Waals surface area contributed by atoms with Gasteiger partial charge in [0.25, 0.3) is 0 Å². The molecule has 5 nitrogen and oxygen atoms in total. The summed E-state index contributed by atoms with van der Waals surface area (Å²) in [7, 11) is 0. The smallest absolute Gasteiger partial charge is 0.333 e. The Morgan fingerprint density at radius 2 is 2.08 bits per heavy atom. The summed E-state index contributed by atoms with van der Waals surface area (Å²) in [5.41, 5.74) is 1.57. The summed E-state index contributed by atoms with van der Waals surface area (Å²) in [6, 6.07) is 7.00. The summed E-state index contributed by atoms with van der Waals surface area (Å²) in [4.78, 5) is 26.1. The van der Waals surface area contributed by atoms with Crippen LogP contribution in [0.15, 0.2) is 35.5 Å². The highest BCUT2D eigenvalue weighted by Crippen LogP contribution is 2.37. The average molecular weight is 350 g/mol. The quantitative estimate of drug-likeness (QED) is 0.906. The van der Waals surface area contributed by atoms with Crippen LogP contribution in [0.2, 0.25) is 5.02 Å². The summed E-state index contributed by atoms with van der Waals surface area (Å²) in [6.07, 6.45) is 2.02. The third kappa shape index (κ3) is 3.32. The molecule has 1 amide bonds. The standard InChI is InChI=1S/C18H20ClNO4/c1-11-17(18(22)23)15(12-4-6-13(19)7-5-12)9-16(21)20(11)10-14-3-2-8-24-14/h4-7,14-15H,2-3,8-10H2,1H3,(H,22,23)/t14-,15?/m1/s1. The van der Waals surface area contributed by atoms with Crippen LogP contribution in [0.5, 0.6) is 0 Å². The molecule has 0 bridgehead atoms. The van der Waals surface area contributed by atoms with Crippen LogP contribution < -0.4 is 0 Å². The molecule has 0 aliphatic carbocycles. The number of rotatable bonds is 4. The van der Waals surface area contributed by atoms with E-state index in [1.165, 1.54) is 0 Å². The molecule has 3 rings (SSSR count). The Balaban J connectivity index is 1.94. The lowest BCUT2D eigenvalue weighted by molar-refractivity contribution is -0.135. The number of halogens is 1. The molecule has 24 heavy (non-hydrogen) atoms. The van der Waals surface area contributed by atoms with E-state index in [0.29, 0.717) is 23.9 Å². The predicted molar refractivity (Wildman–Crippen MR) is 89.8 cm³/mol. The van der Waals surface area contributed by atoms with Gasteiger partial charge in [0.2, 0.25) is 5.91 Å². The van der Waals surface area contributed by atoms with Gasteiger partial charge in [-0.3, -0.25) is 4.79 Å². The van der Waals surface area contributed by atoms with Gasteiger partial charge in [-0.1, -0.05) is 23.7 Å². The van der Waals surface area contributed by atoms with Crippen molar-refractivity contribution >= 4 is 23.5 Å². The minimum atomic E-state index is -0.989. The van der Waals surface area contributed by atoms with E-state index in [9.17, 15) is 14.7 Å². The largest absolute Gasteiger partial charge is 0.478 e. The van der Waals surface area contributed by atoms with Gasteiger partial charge in [0.1, 0.15) is 0 Å². The van der Waals surface area contributed by atoms with E-state index in [1.54, 1.807) is 36.1 Å². The second kappa shape index (κ2) is 6.95. The normalized spacial score (nSPS) is 24.6. The fourth-order valence-electron chi connectivity index (χ4n) is 3.49. The highest BCUT2D eigenvalue weighted by atomic mass is 35.5. The van der Waals surface area contributed by atoms with E-state index in [4.69, 9.17) is 16.3 Å². The maximum Gasteiger partial charge on any atom is 0.333 e. The third-order valence-electron chi connectivity index (χ3n) is 4.74. The summed E-state index contributed by atoms with van der Waals surface area (Å²) in [5, 5.41) is 10.3. The van der Waals surface area contributed by atoms with Gasteiger partial charge in [-0.05, 0) is 37.5 Å². The van der Waals surface area contributed by atoms with Gasteiger partial charge in [0.15, 0.2) is 0 Å². The van der Waals surface area contributed by atoms with Crippen LogP contribution in [0.3, 0.4) is 0 Å². The first-order valence-corrected chi connectivity index (χ1v) is 8.46. The molecule has 0 spiro atoms. The number of aliphatic carboxylic acids is 1. The molecule has 2 aliphatic rings. The van der Waals surface area contributed by atoms with Gasteiger partial charge in [-0.2, -0.15) is 0 Å². The van der Waals surface area contributed by atoms with E-state index in [2.05, 4.69) is 0 Å². The molecule has 0 radical (unpaired) electrons. The van der Waals surface area contributed by atoms with Crippen molar-refractivity contribution in [1.29, 1.82) is 0 Å². The summed E-state index contributed by atoms with van der Waals surface area (Å²) < 4.78 is 5.59. The van der Waals surface area contributed by atoms with Gasteiger partial charge >= 0.3 is 5.97 Å². The molecule has 0 saturated carbocycles. The van der Waals surface area contributed by atoms with Crippen LogP contribution in [0.25, 0.3) is 0 Å². The van der Waals surface area contributed by atoms with Gasteiger partial charge in [-0.15, -0.1) is 0 Å². The van der Waals surface area contributed by atoms with Gasteiger partial charge in [0, 0.05) is 29.7 Å². The number of carbonyl (C=O) groups is 2. The van der Waals surface area contributed by atoms with E-state index in [-0.39, 0.29) is 24.0 Å². The molecule has 1 saturated heterocycles. The fraction of sp³-hybridized carbons (Fsp3) is 0.444. The topological polar surface area (TPSA) is 66.8 Å². The highest BCUT2D eigenvalue weighted by molar-refractivity contribution is 6.30. The number of hydrogen-bond donors (Lipinski definition) is 1. The SMILES string of the molecule is CC1=C(C(=O)O)C(c2ccc(Cl)cc2)CC(=O)N1C[C@H]1CCCO1. The summed E-state index contributed by atoms with van der Waals surface area (Å²) in [6.45, 7) is 2.84.